The smallest absolute Gasteiger partial charge is 0.268 e. The van der Waals surface area contributed by atoms with Crippen LogP contribution in [0.3, 0.4) is 0 Å². The fraction of sp³-hybridized carbons (Fsp3) is 0.217. The Bertz CT molecular complexity index is 1050. The van der Waals surface area contributed by atoms with Crippen LogP contribution < -0.4 is 10.1 Å². The summed E-state index contributed by atoms with van der Waals surface area (Å²) in [7, 11) is 0. The van der Waals surface area contributed by atoms with Gasteiger partial charge in [-0.05, 0) is 67.3 Å². The minimum absolute atomic E-state index is 0.107. The molecule has 0 bridgehead atoms. The van der Waals surface area contributed by atoms with Crippen LogP contribution in [0.15, 0.2) is 48.5 Å². The number of aryl methyl sites for hydroxylation is 1. The lowest BCUT2D eigenvalue weighted by atomic mass is 9.94. The van der Waals surface area contributed by atoms with Crippen molar-refractivity contribution in [3.05, 3.63) is 82.4 Å². The van der Waals surface area contributed by atoms with Gasteiger partial charge in [0.2, 0.25) is 0 Å². The third-order valence-electron chi connectivity index (χ3n) is 5.09. The maximum Gasteiger partial charge on any atom is 0.268 e. The van der Waals surface area contributed by atoms with Gasteiger partial charge in [0.25, 0.3) is 5.91 Å². The molecule has 1 heterocycles. The van der Waals surface area contributed by atoms with Crippen LogP contribution in [0.4, 0.5) is 4.39 Å². The van der Waals surface area contributed by atoms with Gasteiger partial charge in [0, 0.05) is 24.2 Å². The van der Waals surface area contributed by atoms with Gasteiger partial charge in [0.15, 0.2) is 5.78 Å². The van der Waals surface area contributed by atoms with Gasteiger partial charge in [0.1, 0.15) is 23.0 Å². The molecule has 29 heavy (non-hydrogen) atoms. The van der Waals surface area contributed by atoms with E-state index < -0.39 is 0 Å². The zero-order valence-electron chi connectivity index (χ0n) is 16.0. The van der Waals surface area contributed by atoms with Gasteiger partial charge in [-0.3, -0.25) is 9.59 Å². The Labute approximate surface area is 167 Å². The van der Waals surface area contributed by atoms with Crippen molar-refractivity contribution >= 4 is 11.7 Å². The first kappa shape index (κ1) is 18.9. The van der Waals surface area contributed by atoms with Crippen molar-refractivity contribution in [1.82, 2.24) is 10.3 Å². The van der Waals surface area contributed by atoms with Crippen LogP contribution in [0, 0.1) is 12.7 Å². The Morgan fingerprint density at radius 1 is 1.07 bits per heavy atom. The molecule has 1 amide bonds. The SMILES string of the molecule is Cc1c(C(=O)NCc2ccc(Oc3ccc(F)cc3)cc2)[nH]c2c1C(=O)CCC2. The number of H-pyrrole nitrogens is 1. The van der Waals surface area contributed by atoms with Crippen LogP contribution in [-0.4, -0.2) is 16.7 Å². The molecule has 0 spiro atoms. The van der Waals surface area contributed by atoms with Crippen molar-refractivity contribution in [2.45, 2.75) is 32.7 Å². The summed E-state index contributed by atoms with van der Waals surface area (Å²) in [6, 6.07) is 13.1. The number of ketones is 1. The van der Waals surface area contributed by atoms with E-state index >= 15 is 0 Å². The number of ether oxygens (including phenoxy) is 1. The van der Waals surface area contributed by atoms with E-state index in [-0.39, 0.29) is 17.5 Å². The second-order valence-electron chi connectivity index (χ2n) is 7.14. The zero-order valence-corrected chi connectivity index (χ0v) is 16.0. The molecule has 0 saturated heterocycles. The lowest BCUT2D eigenvalue weighted by molar-refractivity contribution is 0.0945. The quantitative estimate of drug-likeness (QED) is 0.661. The number of amides is 1. The second kappa shape index (κ2) is 7.91. The number of rotatable bonds is 5. The maximum absolute atomic E-state index is 13.0. The number of halogens is 1. The monoisotopic (exact) mass is 392 g/mol. The normalized spacial score (nSPS) is 13.1. The Kier molecular flexibility index (Phi) is 5.16. The lowest BCUT2D eigenvalue weighted by Crippen LogP contribution is -2.24. The Hall–Kier alpha value is -3.41. The molecule has 0 aliphatic heterocycles. The topological polar surface area (TPSA) is 71.2 Å². The molecule has 0 saturated carbocycles. The first-order chi connectivity index (χ1) is 14.0. The molecule has 0 radical (unpaired) electrons. The molecule has 5 nitrogen and oxygen atoms in total. The van der Waals surface area contributed by atoms with E-state index in [1.165, 1.54) is 12.1 Å². The van der Waals surface area contributed by atoms with E-state index in [9.17, 15) is 14.0 Å². The highest BCUT2D eigenvalue weighted by molar-refractivity contribution is 6.04. The van der Waals surface area contributed by atoms with Gasteiger partial charge in [0.05, 0.1) is 0 Å². The van der Waals surface area contributed by atoms with E-state index in [0.29, 0.717) is 35.7 Å². The number of benzene rings is 2. The highest BCUT2D eigenvalue weighted by Gasteiger charge is 2.26. The molecule has 2 aromatic carbocycles. The fourth-order valence-corrected chi connectivity index (χ4v) is 3.59. The molecule has 4 rings (SSSR count). The number of hydrogen-bond donors (Lipinski definition) is 2. The number of fused-ring (bicyclic) bond motifs is 1. The number of nitrogens with one attached hydrogen (secondary N) is 2. The second-order valence-corrected chi connectivity index (χ2v) is 7.14. The summed E-state index contributed by atoms with van der Waals surface area (Å²) >= 11 is 0. The third kappa shape index (κ3) is 4.06. The Balaban J connectivity index is 1.38. The number of carbonyl (C=O) groups excluding carboxylic acids is 2. The number of hydrogen-bond acceptors (Lipinski definition) is 3. The molecule has 3 aromatic rings. The first-order valence-electron chi connectivity index (χ1n) is 9.56. The number of Topliss-reactive ketones (excluding diaryl/α,β-unsaturated/α-hetero) is 1. The van der Waals surface area contributed by atoms with E-state index in [4.69, 9.17) is 4.74 Å². The summed E-state index contributed by atoms with van der Waals surface area (Å²) < 4.78 is 18.6. The van der Waals surface area contributed by atoms with Gasteiger partial charge in [-0.25, -0.2) is 4.39 Å². The molecule has 2 N–H and O–H groups in total. The van der Waals surface area contributed by atoms with Crippen LogP contribution in [0.1, 0.15) is 50.5 Å². The largest absolute Gasteiger partial charge is 0.457 e. The standard InChI is InChI=1S/C23H21FN2O3/c1-14-21-19(3-2-4-20(21)27)26-22(14)23(28)25-13-15-5-9-17(10-6-15)29-18-11-7-16(24)8-12-18/h5-12,26H,2-4,13H2,1H3,(H,25,28). The molecule has 0 atom stereocenters. The Morgan fingerprint density at radius 3 is 2.38 bits per heavy atom. The number of aromatic amines is 1. The van der Waals surface area contributed by atoms with Gasteiger partial charge >= 0.3 is 0 Å². The molecule has 1 aliphatic carbocycles. The summed E-state index contributed by atoms with van der Waals surface area (Å²) in [5, 5.41) is 2.89. The van der Waals surface area contributed by atoms with Crippen molar-refractivity contribution in [3.63, 3.8) is 0 Å². The fourth-order valence-electron chi connectivity index (χ4n) is 3.59. The summed E-state index contributed by atoms with van der Waals surface area (Å²) in [5.41, 5.74) is 3.65. The average Bonchev–Trinajstić information content (AvgIpc) is 3.07. The van der Waals surface area contributed by atoms with Gasteiger partial charge in [-0.15, -0.1) is 0 Å². The van der Waals surface area contributed by atoms with Crippen LogP contribution in [0.2, 0.25) is 0 Å². The van der Waals surface area contributed by atoms with E-state index in [1.54, 1.807) is 24.3 Å². The zero-order chi connectivity index (χ0) is 20.4. The summed E-state index contributed by atoms with van der Waals surface area (Å²) in [6.45, 7) is 2.17. The van der Waals surface area contributed by atoms with Crippen LogP contribution in [-0.2, 0) is 13.0 Å². The van der Waals surface area contributed by atoms with Crippen molar-refractivity contribution < 1.29 is 18.7 Å². The van der Waals surface area contributed by atoms with Crippen molar-refractivity contribution in [2.24, 2.45) is 0 Å². The molecule has 1 aliphatic rings. The molecule has 1 aromatic heterocycles. The highest BCUT2D eigenvalue weighted by atomic mass is 19.1. The third-order valence-corrected chi connectivity index (χ3v) is 5.09. The molecule has 0 fully saturated rings. The van der Waals surface area contributed by atoms with Crippen LogP contribution in [0.25, 0.3) is 0 Å². The lowest BCUT2D eigenvalue weighted by Gasteiger charge is -2.09. The van der Waals surface area contributed by atoms with E-state index in [0.717, 1.165) is 29.7 Å². The van der Waals surface area contributed by atoms with Crippen LogP contribution >= 0.6 is 0 Å². The predicted octanol–water partition coefficient (Wildman–Crippen LogP) is 4.70. The van der Waals surface area contributed by atoms with Crippen molar-refractivity contribution in [3.8, 4) is 11.5 Å². The van der Waals surface area contributed by atoms with E-state index in [1.807, 2.05) is 19.1 Å². The molecule has 148 valence electrons. The van der Waals surface area contributed by atoms with Gasteiger partial charge in [-0.2, -0.15) is 0 Å². The van der Waals surface area contributed by atoms with Crippen molar-refractivity contribution in [1.29, 1.82) is 0 Å². The number of aromatic nitrogens is 1. The Morgan fingerprint density at radius 2 is 1.72 bits per heavy atom. The minimum Gasteiger partial charge on any atom is -0.457 e. The predicted molar refractivity (Wildman–Crippen MR) is 107 cm³/mol. The first-order valence-corrected chi connectivity index (χ1v) is 9.56. The molecular weight excluding hydrogens is 371 g/mol. The van der Waals surface area contributed by atoms with Gasteiger partial charge in [-0.1, -0.05) is 12.1 Å². The van der Waals surface area contributed by atoms with E-state index in [2.05, 4.69) is 10.3 Å². The molecular formula is C23H21FN2O3. The average molecular weight is 392 g/mol. The summed E-state index contributed by atoms with van der Waals surface area (Å²) in [6.07, 6.45) is 2.16. The van der Waals surface area contributed by atoms with Gasteiger partial charge < -0.3 is 15.0 Å². The maximum atomic E-state index is 13.0. The number of carbonyl (C=O) groups is 2. The summed E-state index contributed by atoms with van der Waals surface area (Å²) in [4.78, 5) is 27.8. The molecule has 0 unspecified atom stereocenters. The highest BCUT2D eigenvalue weighted by Crippen LogP contribution is 2.26. The molecule has 6 heteroatoms. The van der Waals surface area contributed by atoms with Crippen LogP contribution in [0.5, 0.6) is 11.5 Å². The summed E-state index contributed by atoms with van der Waals surface area (Å²) in [5.74, 6) is 0.740. The van der Waals surface area contributed by atoms with Crippen molar-refractivity contribution in [2.75, 3.05) is 0 Å². The minimum atomic E-state index is -0.314.